The van der Waals surface area contributed by atoms with E-state index in [-0.39, 0.29) is 12.0 Å². The SMILES string of the molecule is CCc1ccc(C(c2ccccc2C)N2CCC(C(=O)O)CC2)s1. The van der Waals surface area contributed by atoms with Gasteiger partial charge < -0.3 is 5.11 Å². The molecule has 1 unspecified atom stereocenters. The van der Waals surface area contributed by atoms with Gasteiger partial charge >= 0.3 is 5.97 Å². The van der Waals surface area contributed by atoms with Crippen LogP contribution < -0.4 is 0 Å². The molecular weight excluding hydrogens is 318 g/mol. The van der Waals surface area contributed by atoms with E-state index in [1.165, 1.54) is 20.9 Å². The standard InChI is InChI=1S/C20H25NO2S/c1-3-16-8-9-18(24-16)19(17-7-5-4-6-14(17)2)21-12-10-15(11-13-21)20(22)23/h4-9,15,19H,3,10-13H2,1-2H3,(H,22,23). The third-order valence-corrected chi connectivity index (χ3v) is 6.31. The summed E-state index contributed by atoms with van der Waals surface area (Å²) in [5, 5.41) is 9.26. The lowest BCUT2D eigenvalue weighted by Crippen LogP contribution is -2.39. The molecule has 128 valence electrons. The van der Waals surface area contributed by atoms with Crippen molar-refractivity contribution >= 4 is 17.3 Å². The van der Waals surface area contributed by atoms with Crippen LogP contribution in [0, 0.1) is 12.8 Å². The number of carboxylic acid groups (broad SMARTS) is 1. The zero-order valence-electron chi connectivity index (χ0n) is 14.4. The fraction of sp³-hybridized carbons (Fsp3) is 0.450. The number of hydrogen-bond donors (Lipinski definition) is 1. The van der Waals surface area contributed by atoms with Gasteiger partial charge in [-0.1, -0.05) is 31.2 Å². The second kappa shape index (κ2) is 7.49. The fourth-order valence-electron chi connectivity index (χ4n) is 3.56. The largest absolute Gasteiger partial charge is 0.481 e. The number of thiophene rings is 1. The van der Waals surface area contributed by atoms with Crippen LogP contribution >= 0.6 is 11.3 Å². The second-order valence-electron chi connectivity index (χ2n) is 6.57. The highest BCUT2D eigenvalue weighted by Crippen LogP contribution is 2.37. The molecule has 1 aliphatic rings. The maximum absolute atomic E-state index is 11.3. The molecule has 1 fully saturated rings. The molecular formula is C20H25NO2S. The average molecular weight is 343 g/mol. The van der Waals surface area contributed by atoms with Crippen molar-refractivity contribution in [3.63, 3.8) is 0 Å². The average Bonchev–Trinajstić information content (AvgIpc) is 3.06. The zero-order chi connectivity index (χ0) is 17.1. The predicted molar refractivity (Wildman–Crippen MR) is 98.7 cm³/mol. The molecule has 1 N–H and O–H groups in total. The normalized spacial score (nSPS) is 17.8. The van der Waals surface area contributed by atoms with E-state index < -0.39 is 5.97 Å². The number of aliphatic carboxylic acids is 1. The number of carboxylic acids is 1. The molecule has 0 bridgehead atoms. The number of piperidine rings is 1. The van der Waals surface area contributed by atoms with Gasteiger partial charge in [0.1, 0.15) is 0 Å². The van der Waals surface area contributed by atoms with E-state index in [1.54, 1.807) is 0 Å². The second-order valence-corrected chi connectivity index (χ2v) is 7.77. The molecule has 0 radical (unpaired) electrons. The summed E-state index contributed by atoms with van der Waals surface area (Å²) in [6.45, 7) is 6.04. The summed E-state index contributed by atoms with van der Waals surface area (Å²) in [7, 11) is 0. The Morgan fingerprint density at radius 3 is 2.54 bits per heavy atom. The molecule has 1 aliphatic heterocycles. The van der Waals surface area contributed by atoms with Crippen LogP contribution in [0.15, 0.2) is 36.4 Å². The van der Waals surface area contributed by atoms with Gasteiger partial charge in [0.15, 0.2) is 0 Å². The number of hydrogen-bond acceptors (Lipinski definition) is 3. The molecule has 1 saturated heterocycles. The van der Waals surface area contributed by atoms with Crippen molar-refractivity contribution in [2.45, 2.75) is 39.2 Å². The number of likely N-dealkylation sites (tertiary alicyclic amines) is 1. The first-order valence-electron chi connectivity index (χ1n) is 8.71. The molecule has 1 atom stereocenters. The fourth-order valence-corrected chi connectivity index (χ4v) is 4.67. The van der Waals surface area contributed by atoms with Crippen LogP contribution in [0.5, 0.6) is 0 Å². The van der Waals surface area contributed by atoms with E-state index in [4.69, 9.17) is 0 Å². The molecule has 0 amide bonds. The Bertz CT molecular complexity index is 701. The van der Waals surface area contributed by atoms with Gasteiger partial charge in [0.05, 0.1) is 12.0 Å². The van der Waals surface area contributed by atoms with Crippen molar-refractivity contribution < 1.29 is 9.90 Å². The lowest BCUT2D eigenvalue weighted by Gasteiger charge is -2.37. The highest BCUT2D eigenvalue weighted by Gasteiger charge is 2.31. The first-order chi connectivity index (χ1) is 11.6. The van der Waals surface area contributed by atoms with E-state index in [1.807, 2.05) is 11.3 Å². The van der Waals surface area contributed by atoms with Gasteiger partial charge in [0.25, 0.3) is 0 Å². The highest BCUT2D eigenvalue weighted by atomic mass is 32.1. The Kier molecular flexibility index (Phi) is 5.36. The van der Waals surface area contributed by atoms with Crippen LogP contribution in [-0.2, 0) is 11.2 Å². The van der Waals surface area contributed by atoms with Crippen LogP contribution in [0.2, 0.25) is 0 Å². The number of rotatable bonds is 5. The molecule has 3 rings (SSSR count). The van der Waals surface area contributed by atoms with Crippen LogP contribution in [0.25, 0.3) is 0 Å². The molecule has 2 heterocycles. The molecule has 0 aliphatic carbocycles. The van der Waals surface area contributed by atoms with Gasteiger partial charge in [0.2, 0.25) is 0 Å². The Labute approximate surface area is 147 Å². The number of nitrogens with zero attached hydrogens (tertiary/aromatic N) is 1. The summed E-state index contributed by atoms with van der Waals surface area (Å²) in [6, 6.07) is 13.3. The number of aryl methyl sites for hydroxylation is 2. The van der Waals surface area contributed by atoms with Crippen molar-refractivity contribution in [1.29, 1.82) is 0 Å². The van der Waals surface area contributed by atoms with Crippen molar-refractivity contribution in [2.75, 3.05) is 13.1 Å². The maximum Gasteiger partial charge on any atom is 0.306 e. The minimum Gasteiger partial charge on any atom is -0.481 e. The van der Waals surface area contributed by atoms with Crippen LogP contribution in [0.1, 0.15) is 46.7 Å². The lowest BCUT2D eigenvalue weighted by atomic mass is 9.92. The molecule has 0 saturated carbocycles. The van der Waals surface area contributed by atoms with Crippen LogP contribution in [0.4, 0.5) is 0 Å². The van der Waals surface area contributed by atoms with Gasteiger partial charge in [-0.05, 0) is 62.5 Å². The third-order valence-electron chi connectivity index (χ3n) is 5.03. The molecule has 1 aromatic carbocycles. The third kappa shape index (κ3) is 3.55. The zero-order valence-corrected chi connectivity index (χ0v) is 15.2. The van der Waals surface area contributed by atoms with Crippen LogP contribution in [-0.4, -0.2) is 29.1 Å². The Balaban J connectivity index is 1.91. The minimum atomic E-state index is -0.647. The van der Waals surface area contributed by atoms with E-state index in [0.29, 0.717) is 0 Å². The topological polar surface area (TPSA) is 40.5 Å². The van der Waals surface area contributed by atoms with E-state index in [2.05, 4.69) is 55.1 Å². The first kappa shape index (κ1) is 17.2. The van der Waals surface area contributed by atoms with Gasteiger partial charge in [-0.25, -0.2) is 0 Å². The summed E-state index contributed by atoms with van der Waals surface area (Å²) in [4.78, 5) is 16.5. The van der Waals surface area contributed by atoms with Crippen molar-refractivity contribution in [3.05, 3.63) is 57.3 Å². The summed E-state index contributed by atoms with van der Waals surface area (Å²) < 4.78 is 0. The monoisotopic (exact) mass is 343 g/mol. The summed E-state index contributed by atoms with van der Waals surface area (Å²) in [5.41, 5.74) is 2.64. The van der Waals surface area contributed by atoms with Gasteiger partial charge in [-0.3, -0.25) is 9.69 Å². The summed E-state index contributed by atoms with van der Waals surface area (Å²) in [5.74, 6) is -0.834. The van der Waals surface area contributed by atoms with Crippen molar-refractivity contribution in [2.24, 2.45) is 5.92 Å². The predicted octanol–water partition coefficient (Wildman–Crippen LogP) is 4.50. The Morgan fingerprint density at radius 1 is 1.25 bits per heavy atom. The summed E-state index contributed by atoms with van der Waals surface area (Å²) in [6.07, 6.45) is 2.54. The molecule has 3 nitrogen and oxygen atoms in total. The van der Waals surface area contributed by atoms with Gasteiger partial charge in [0, 0.05) is 9.75 Å². The smallest absolute Gasteiger partial charge is 0.306 e. The van der Waals surface area contributed by atoms with Crippen LogP contribution in [0.3, 0.4) is 0 Å². The first-order valence-corrected chi connectivity index (χ1v) is 9.52. The Hall–Kier alpha value is -1.65. The lowest BCUT2D eigenvalue weighted by molar-refractivity contribution is -0.143. The number of benzene rings is 1. The number of carbonyl (C=O) groups is 1. The maximum atomic E-state index is 11.3. The van der Waals surface area contributed by atoms with Crippen molar-refractivity contribution in [1.82, 2.24) is 4.90 Å². The Morgan fingerprint density at radius 2 is 1.96 bits per heavy atom. The van der Waals surface area contributed by atoms with Gasteiger partial charge in [-0.2, -0.15) is 0 Å². The minimum absolute atomic E-state index is 0.187. The molecule has 24 heavy (non-hydrogen) atoms. The van der Waals surface area contributed by atoms with E-state index in [9.17, 15) is 9.90 Å². The highest BCUT2D eigenvalue weighted by molar-refractivity contribution is 7.12. The van der Waals surface area contributed by atoms with E-state index >= 15 is 0 Å². The molecule has 1 aromatic heterocycles. The summed E-state index contributed by atoms with van der Waals surface area (Å²) >= 11 is 1.89. The molecule has 2 aromatic rings. The van der Waals surface area contributed by atoms with Gasteiger partial charge in [-0.15, -0.1) is 11.3 Å². The molecule has 0 spiro atoms. The van der Waals surface area contributed by atoms with Crippen molar-refractivity contribution in [3.8, 4) is 0 Å². The molecule has 4 heteroatoms. The quantitative estimate of drug-likeness (QED) is 0.868. The van der Waals surface area contributed by atoms with E-state index in [0.717, 1.165) is 32.4 Å².